The Hall–Kier alpha value is -1.82. The first-order valence-electron chi connectivity index (χ1n) is 3.54. The molecule has 0 spiro atoms. The highest BCUT2D eigenvalue weighted by Gasteiger charge is 1.92. The van der Waals surface area contributed by atoms with Crippen molar-refractivity contribution in [3.63, 3.8) is 0 Å². The van der Waals surface area contributed by atoms with Crippen LogP contribution in [0.4, 0.5) is 5.69 Å². The van der Waals surface area contributed by atoms with Gasteiger partial charge >= 0.3 is 0 Å². The van der Waals surface area contributed by atoms with Gasteiger partial charge in [0, 0.05) is 5.69 Å². The van der Waals surface area contributed by atoms with E-state index in [1.807, 2.05) is 12.1 Å². The Morgan fingerprint density at radius 2 is 2.42 bits per heavy atom. The number of hydrogen-bond donors (Lipinski definition) is 1. The van der Waals surface area contributed by atoms with Crippen LogP contribution in [0.15, 0.2) is 24.3 Å². The van der Waals surface area contributed by atoms with E-state index in [1.54, 1.807) is 18.2 Å². The molecule has 0 aromatic heterocycles. The molecule has 3 heteroatoms. The maximum atomic E-state index is 10.0. The highest BCUT2D eigenvalue weighted by molar-refractivity contribution is 5.60. The molecule has 1 aromatic carbocycles. The molecule has 0 radical (unpaired) electrons. The predicted octanol–water partition coefficient (Wildman–Crippen LogP) is 1.17. The second-order valence-electron chi connectivity index (χ2n) is 2.24. The molecule has 0 saturated heterocycles. The van der Waals surface area contributed by atoms with Crippen molar-refractivity contribution in [2.24, 2.45) is 0 Å². The van der Waals surface area contributed by atoms with Crippen molar-refractivity contribution in [1.29, 1.82) is 5.26 Å². The lowest BCUT2D eigenvalue weighted by molar-refractivity contribution is -0.106. The summed E-state index contributed by atoms with van der Waals surface area (Å²) >= 11 is 0. The summed E-state index contributed by atoms with van der Waals surface area (Å²) in [7, 11) is 0. The van der Waals surface area contributed by atoms with Crippen LogP contribution in [0.1, 0.15) is 5.56 Å². The Labute approximate surface area is 70.6 Å². The smallest absolute Gasteiger partial charge is 0.139 e. The van der Waals surface area contributed by atoms with E-state index >= 15 is 0 Å². The Kier molecular flexibility index (Phi) is 2.86. The molecule has 0 saturated carbocycles. The number of hydrogen-bond acceptors (Lipinski definition) is 3. The van der Waals surface area contributed by atoms with Gasteiger partial charge in [-0.3, -0.25) is 0 Å². The second kappa shape index (κ2) is 4.14. The van der Waals surface area contributed by atoms with Crippen LogP contribution in [-0.4, -0.2) is 12.8 Å². The van der Waals surface area contributed by atoms with Crippen molar-refractivity contribution in [2.45, 2.75) is 0 Å². The summed E-state index contributed by atoms with van der Waals surface area (Å²) in [5, 5.41) is 11.4. The number of nitrogens with one attached hydrogen (secondary N) is 1. The third-order valence-corrected chi connectivity index (χ3v) is 1.38. The molecule has 0 aliphatic rings. The minimum atomic E-state index is 0.273. The Morgan fingerprint density at radius 1 is 1.58 bits per heavy atom. The van der Waals surface area contributed by atoms with Gasteiger partial charge < -0.3 is 10.1 Å². The molecule has 0 heterocycles. The van der Waals surface area contributed by atoms with E-state index in [0.717, 1.165) is 12.0 Å². The Morgan fingerprint density at radius 3 is 3.08 bits per heavy atom. The minimum absolute atomic E-state index is 0.273. The molecule has 0 fully saturated rings. The van der Waals surface area contributed by atoms with Gasteiger partial charge in [0.2, 0.25) is 0 Å². The number of anilines is 1. The van der Waals surface area contributed by atoms with Crippen molar-refractivity contribution in [3.8, 4) is 6.07 Å². The van der Waals surface area contributed by atoms with Crippen LogP contribution in [0.3, 0.4) is 0 Å². The summed E-state index contributed by atoms with van der Waals surface area (Å²) in [5.74, 6) is 0. The van der Waals surface area contributed by atoms with Crippen molar-refractivity contribution in [3.05, 3.63) is 29.8 Å². The van der Waals surface area contributed by atoms with Gasteiger partial charge in [-0.1, -0.05) is 6.07 Å². The third kappa shape index (κ3) is 2.10. The van der Waals surface area contributed by atoms with Crippen LogP contribution in [0.5, 0.6) is 0 Å². The maximum Gasteiger partial charge on any atom is 0.139 e. The van der Waals surface area contributed by atoms with Crippen molar-refractivity contribution < 1.29 is 4.79 Å². The molecule has 3 nitrogen and oxygen atoms in total. The third-order valence-electron chi connectivity index (χ3n) is 1.38. The SMILES string of the molecule is N#Cc1cccc(NCC=O)c1. The Balaban J connectivity index is 2.74. The molecule has 1 rings (SSSR count). The molecule has 1 aromatic rings. The second-order valence-corrected chi connectivity index (χ2v) is 2.24. The number of benzene rings is 1. The normalized spacial score (nSPS) is 8.58. The quantitative estimate of drug-likeness (QED) is 0.675. The molecule has 60 valence electrons. The number of carbonyl (C=O) groups is 1. The first-order chi connectivity index (χ1) is 5.86. The predicted molar refractivity (Wildman–Crippen MR) is 45.7 cm³/mol. The summed E-state index contributed by atoms with van der Waals surface area (Å²) in [6.07, 6.45) is 0.777. The molecule has 12 heavy (non-hydrogen) atoms. The van der Waals surface area contributed by atoms with Crippen LogP contribution < -0.4 is 5.32 Å². The van der Waals surface area contributed by atoms with Crippen LogP contribution in [0, 0.1) is 11.3 Å². The number of nitrogens with zero attached hydrogens (tertiary/aromatic N) is 1. The summed E-state index contributed by atoms with van der Waals surface area (Å²) in [5.41, 5.74) is 1.38. The van der Waals surface area contributed by atoms with E-state index < -0.39 is 0 Å². The maximum absolute atomic E-state index is 10.0. The molecular weight excluding hydrogens is 152 g/mol. The lowest BCUT2D eigenvalue weighted by atomic mass is 10.2. The van der Waals surface area contributed by atoms with Gasteiger partial charge in [-0.05, 0) is 18.2 Å². The van der Waals surface area contributed by atoms with Gasteiger partial charge in [-0.25, -0.2) is 0 Å². The monoisotopic (exact) mass is 160 g/mol. The zero-order valence-corrected chi connectivity index (χ0v) is 6.45. The van der Waals surface area contributed by atoms with E-state index in [1.165, 1.54) is 0 Å². The van der Waals surface area contributed by atoms with Crippen LogP contribution in [-0.2, 0) is 4.79 Å². The fourth-order valence-corrected chi connectivity index (χ4v) is 0.858. The van der Waals surface area contributed by atoms with Crippen molar-refractivity contribution >= 4 is 12.0 Å². The molecule has 0 aliphatic carbocycles. The first-order valence-corrected chi connectivity index (χ1v) is 3.54. The molecular formula is C9H8N2O. The van der Waals surface area contributed by atoms with E-state index in [4.69, 9.17) is 5.26 Å². The average Bonchev–Trinajstić information content (AvgIpc) is 2.15. The van der Waals surface area contributed by atoms with Crippen molar-refractivity contribution in [2.75, 3.05) is 11.9 Å². The van der Waals surface area contributed by atoms with Gasteiger partial charge in [-0.2, -0.15) is 5.26 Å². The van der Waals surface area contributed by atoms with Gasteiger partial charge in [0.1, 0.15) is 6.29 Å². The zero-order valence-electron chi connectivity index (χ0n) is 6.45. The largest absolute Gasteiger partial charge is 0.378 e. The Bertz CT molecular complexity index is 315. The van der Waals surface area contributed by atoms with Gasteiger partial charge in [0.25, 0.3) is 0 Å². The average molecular weight is 160 g/mol. The number of nitriles is 1. The van der Waals surface area contributed by atoms with Crippen molar-refractivity contribution in [1.82, 2.24) is 0 Å². The van der Waals surface area contributed by atoms with Crippen LogP contribution in [0.2, 0.25) is 0 Å². The molecule has 1 N–H and O–H groups in total. The van der Waals surface area contributed by atoms with Gasteiger partial charge in [0.15, 0.2) is 0 Å². The zero-order chi connectivity index (χ0) is 8.81. The van der Waals surface area contributed by atoms with Gasteiger partial charge in [0.05, 0.1) is 18.2 Å². The molecule has 0 aliphatic heterocycles. The molecule has 0 amide bonds. The summed E-state index contributed by atoms with van der Waals surface area (Å²) in [4.78, 5) is 10.0. The molecule has 0 bridgehead atoms. The lowest BCUT2D eigenvalue weighted by Gasteiger charge is -2.00. The first kappa shape index (κ1) is 8.28. The van der Waals surface area contributed by atoms with E-state index in [9.17, 15) is 4.79 Å². The van der Waals surface area contributed by atoms with E-state index in [-0.39, 0.29) is 6.54 Å². The van der Waals surface area contributed by atoms with E-state index in [2.05, 4.69) is 5.32 Å². The highest BCUT2D eigenvalue weighted by atomic mass is 16.1. The fourth-order valence-electron chi connectivity index (χ4n) is 0.858. The standard InChI is InChI=1S/C9H8N2O/c10-7-8-2-1-3-9(6-8)11-4-5-12/h1-3,5-6,11H,4H2. The number of rotatable bonds is 3. The van der Waals surface area contributed by atoms with Gasteiger partial charge in [-0.15, -0.1) is 0 Å². The summed E-state index contributed by atoms with van der Waals surface area (Å²) in [6, 6.07) is 9.01. The highest BCUT2D eigenvalue weighted by Crippen LogP contribution is 2.08. The minimum Gasteiger partial charge on any atom is -0.378 e. The summed E-state index contributed by atoms with van der Waals surface area (Å²) < 4.78 is 0. The number of aldehydes is 1. The molecule has 0 unspecified atom stereocenters. The van der Waals surface area contributed by atoms with Crippen LogP contribution >= 0.6 is 0 Å². The summed E-state index contributed by atoms with van der Waals surface area (Å²) in [6.45, 7) is 0.273. The fraction of sp³-hybridized carbons (Fsp3) is 0.111. The lowest BCUT2D eigenvalue weighted by Crippen LogP contribution is -2.01. The van der Waals surface area contributed by atoms with Crippen LogP contribution in [0.25, 0.3) is 0 Å². The van der Waals surface area contributed by atoms with E-state index in [0.29, 0.717) is 5.56 Å². The topological polar surface area (TPSA) is 52.9 Å². The number of carbonyl (C=O) groups excluding carboxylic acids is 1. The molecule has 0 atom stereocenters.